The summed E-state index contributed by atoms with van der Waals surface area (Å²) in [6, 6.07) is 0. The Morgan fingerprint density at radius 1 is 1.50 bits per heavy atom. The molecule has 0 aromatic carbocycles. The van der Waals surface area contributed by atoms with Crippen molar-refractivity contribution in [3.8, 4) is 0 Å². The smallest absolute Gasteiger partial charge is 0.303 e. The van der Waals surface area contributed by atoms with Crippen molar-refractivity contribution in [1.29, 1.82) is 0 Å². The highest BCUT2D eigenvalue weighted by atomic mass is 16.4. The van der Waals surface area contributed by atoms with Crippen LogP contribution in [-0.4, -0.2) is 11.1 Å². The maximum atomic E-state index is 10.3. The van der Waals surface area contributed by atoms with E-state index in [1.54, 1.807) is 0 Å². The van der Waals surface area contributed by atoms with Crippen LogP contribution in [0.3, 0.4) is 0 Å². The molecule has 0 saturated heterocycles. The molecule has 1 N–H and O–H groups in total. The van der Waals surface area contributed by atoms with E-state index in [1.807, 2.05) is 13.0 Å². The first-order valence-electron chi connectivity index (χ1n) is 4.40. The number of hydrogen-bond donors (Lipinski definition) is 1. The molecule has 0 aliphatic heterocycles. The number of carboxylic acid groups (broad SMARTS) is 1. The highest BCUT2D eigenvalue weighted by Gasteiger charge is 2.08. The summed E-state index contributed by atoms with van der Waals surface area (Å²) in [6.07, 6.45) is 4.20. The van der Waals surface area contributed by atoms with Gasteiger partial charge in [0, 0.05) is 6.42 Å². The quantitative estimate of drug-likeness (QED) is 0.622. The fourth-order valence-electron chi connectivity index (χ4n) is 1.07. The summed E-state index contributed by atoms with van der Waals surface area (Å²) in [4.78, 5) is 10.3. The van der Waals surface area contributed by atoms with Crippen LogP contribution in [-0.2, 0) is 4.79 Å². The van der Waals surface area contributed by atoms with Gasteiger partial charge in [-0.05, 0) is 24.7 Å². The third-order valence-corrected chi connectivity index (χ3v) is 2.04. The van der Waals surface area contributed by atoms with E-state index in [4.69, 9.17) is 5.11 Å². The summed E-state index contributed by atoms with van der Waals surface area (Å²) >= 11 is 0. The number of carboxylic acids is 1. The highest BCUT2D eigenvalue weighted by molar-refractivity contribution is 5.66. The first-order valence-corrected chi connectivity index (χ1v) is 4.40. The van der Waals surface area contributed by atoms with Crippen molar-refractivity contribution in [2.24, 2.45) is 11.8 Å². The summed E-state index contributed by atoms with van der Waals surface area (Å²) in [5.74, 6) is 0.0832. The van der Waals surface area contributed by atoms with E-state index in [0.29, 0.717) is 5.92 Å². The summed E-state index contributed by atoms with van der Waals surface area (Å²) in [6.45, 7) is 7.76. The Morgan fingerprint density at radius 3 is 2.50 bits per heavy atom. The van der Waals surface area contributed by atoms with E-state index >= 15 is 0 Å². The van der Waals surface area contributed by atoms with Gasteiger partial charge in [0.25, 0.3) is 0 Å². The van der Waals surface area contributed by atoms with Gasteiger partial charge in [-0.2, -0.15) is 0 Å². The zero-order valence-corrected chi connectivity index (χ0v) is 7.92. The Bertz CT molecular complexity index is 152. The van der Waals surface area contributed by atoms with Crippen LogP contribution < -0.4 is 0 Å². The topological polar surface area (TPSA) is 37.3 Å². The molecule has 12 heavy (non-hydrogen) atoms. The molecule has 0 rings (SSSR count). The predicted octanol–water partition coefficient (Wildman–Crippen LogP) is 2.70. The van der Waals surface area contributed by atoms with Gasteiger partial charge < -0.3 is 5.11 Å². The zero-order chi connectivity index (χ0) is 9.56. The van der Waals surface area contributed by atoms with E-state index < -0.39 is 5.97 Å². The number of aliphatic carboxylic acids is 1. The molecule has 0 spiro atoms. The van der Waals surface area contributed by atoms with Crippen molar-refractivity contribution in [3.05, 3.63) is 12.7 Å². The third-order valence-electron chi connectivity index (χ3n) is 2.04. The van der Waals surface area contributed by atoms with Gasteiger partial charge in [-0.3, -0.25) is 4.79 Å². The van der Waals surface area contributed by atoms with Crippen molar-refractivity contribution in [2.45, 2.75) is 33.1 Å². The molecular formula is C10H18O2. The lowest BCUT2D eigenvalue weighted by Crippen LogP contribution is -2.05. The molecule has 2 atom stereocenters. The van der Waals surface area contributed by atoms with E-state index in [9.17, 15) is 4.79 Å². The molecule has 0 aliphatic carbocycles. The van der Waals surface area contributed by atoms with Crippen molar-refractivity contribution >= 4 is 5.97 Å². The number of allylic oxidation sites excluding steroid dienone is 1. The molecule has 70 valence electrons. The maximum Gasteiger partial charge on any atom is 0.303 e. The number of rotatable bonds is 6. The van der Waals surface area contributed by atoms with Gasteiger partial charge in [-0.15, -0.1) is 6.58 Å². The Hall–Kier alpha value is -0.790. The van der Waals surface area contributed by atoms with E-state index in [1.165, 1.54) is 0 Å². The standard InChI is InChI=1S/C10H18O2/c1-4-8(2)5-6-9(3)7-10(11)12/h4,8-9H,1,5-7H2,2-3H3,(H,11,12). The van der Waals surface area contributed by atoms with Crippen LogP contribution >= 0.6 is 0 Å². The van der Waals surface area contributed by atoms with Crippen LogP contribution in [0.1, 0.15) is 33.1 Å². The van der Waals surface area contributed by atoms with Gasteiger partial charge in [0.2, 0.25) is 0 Å². The van der Waals surface area contributed by atoms with Gasteiger partial charge >= 0.3 is 5.97 Å². The van der Waals surface area contributed by atoms with Gasteiger partial charge in [-0.1, -0.05) is 19.9 Å². The Labute approximate surface area is 74.3 Å². The number of carbonyl (C=O) groups is 1. The van der Waals surface area contributed by atoms with Crippen molar-refractivity contribution < 1.29 is 9.90 Å². The average molecular weight is 170 g/mol. The van der Waals surface area contributed by atoms with Gasteiger partial charge in [0.1, 0.15) is 0 Å². The van der Waals surface area contributed by atoms with Crippen LogP contribution in [0.5, 0.6) is 0 Å². The van der Waals surface area contributed by atoms with E-state index in [0.717, 1.165) is 12.8 Å². The van der Waals surface area contributed by atoms with E-state index in [2.05, 4.69) is 13.5 Å². The fraction of sp³-hybridized carbons (Fsp3) is 0.700. The normalized spacial score (nSPS) is 15.2. The second-order valence-corrected chi connectivity index (χ2v) is 3.49. The van der Waals surface area contributed by atoms with Gasteiger partial charge in [0.15, 0.2) is 0 Å². The largest absolute Gasteiger partial charge is 0.481 e. The molecule has 0 aliphatic rings. The average Bonchev–Trinajstić information content (AvgIpc) is 1.99. The Balaban J connectivity index is 3.49. The first-order chi connectivity index (χ1) is 5.56. The van der Waals surface area contributed by atoms with Crippen LogP contribution in [0.15, 0.2) is 12.7 Å². The molecular weight excluding hydrogens is 152 g/mol. The summed E-state index contributed by atoms with van der Waals surface area (Å²) < 4.78 is 0. The molecule has 0 aromatic heterocycles. The van der Waals surface area contributed by atoms with Crippen LogP contribution in [0.25, 0.3) is 0 Å². The SMILES string of the molecule is C=CC(C)CCC(C)CC(=O)O. The van der Waals surface area contributed by atoms with Crippen LogP contribution in [0, 0.1) is 11.8 Å². The molecule has 2 nitrogen and oxygen atoms in total. The first kappa shape index (κ1) is 11.2. The predicted molar refractivity (Wildman–Crippen MR) is 50.0 cm³/mol. The van der Waals surface area contributed by atoms with Gasteiger partial charge in [-0.25, -0.2) is 0 Å². The van der Waals surface area contributed by atoms with Crippen LogP contribution in [0.2, 0.25) is 0 Å². The summed E-state index contributed by atoms with van der Waals surface area (Å²) in [7, 11) is 0. The Kier molecular flexibility index (Phi) is 5.43. The van der Waals surface area contributed by atoms with Crippen molar-refractivity contribution in [2.75, 3.05) is 0 Å². The number of hydrogen-bond acceptors (Lipinski definition) is 1. The van der Waals surface area contributed by atoms with Gasteiger partial charge in [0.05, 0.1) is 0 Å². The molecule has 2 unspecified atom stereocenters. The molecule has 2 heteroatoms. The molecule has 0 aromatic rings. The molecule has 0 bridgehead atoms. The molecule has 0 radical (unpaired) electrons. The molecule has 0 saturated carbocycles. The maximum absolute atomic E-state index is 10.3. The summed E-state index contributed by atoms with van der Waals surface area (Å²) in [5, 5.41) is 8.49. The Morgan fingerprint density at radius 2 is 2.08 bits per heavy atom. The third kappa shape index (κ3) is 5.96. The summed E-state index contributed by atoms with van der Waals surface area (Å²) in [5.41, 5.74) is 0. The molecule has 0 amide bonds. The zero-order valence-electron chi connectivity index (χ0n) is 7.92. The second kappa shape index (κ2) is 5.81. The van der Waals surface area contributed by atoms with Crippen molar-refractivity contribution in [1.82, 2.24) is 0 Å². The second-order valence-electron chi connectivity index (χ2n) is 3.49. The fourth-order valence-corrected chi connectivity index (χ4v) is 1.07. The van der Waals surface area contributed by atoms with Crippen molar-refractivity contribution in [3.63, 3.8) is 0 Å². The van der Waals surface area contributed by atoms with E-state index in [-0.39, 0.29) is 12.3 Å². The lowest BCUT2D eigenvalue weighted by atomic mass is 9.96. The lowest BCUT2D eigenvalue weighted by molar-refractivity contribution is -0.138. The monoisotopic (exact) mass is 170 g/mol. The minimum absolute atomic E-state index is 0.282. The lowest BCUT2D eigenvalue weighted by Gasteiger charge is -2.10. The van der Waals surface area contributed by atoms with Crippen LogP contribution in [0.4, 0.5) is 0 Å². The highest BCUT2D eigenvalue weighted by Crippen LogP contribution is 2.15. The molecule has 0 fully saturated rings. The molecule has 0 heterocycles. The minimum Gasteiger partial charge on any atom is -0.481 e. The minimum atomic E-state index is -0.700.